The van der Waals surface area contributed by atoms with E-state index < -0.39 is 0 Å². The first kappa shape index (κ1) is 12.1. The van der Waals surface area contributed by atoms with Crippen molar-refractivity contribution in [3.8, 4) is 0 Å². The molecule has 0 saturated carbocycles. The molecule has 0 radical (unpaired) electrons. The van der Waals surface area contributed by atoms with Crippen LogP contribution in [0.25, 0.3) is 0 Å². The third-order valence-electron chi connectivity index (χ3n) is 2.08. The number of aromatic nitrogens is 2. The lowest BCUT2D eigenvalue weighted by Gasteiger charge is -2.11. The third kappa shape index (κ3) is 3.95. The molecule has 0 aliphatic carbocycles. The molecular weight excluding hydrogens is 208 g/mol. The molecule has 0 bridgehead atoms. The lowest BCUT2D eigenvalue weighted by molar-refractivity contribution is 0.927. The van der Waals surface area contributed by atoms with Gasteiger partial charge in [0, 0.05) is 24.3 Å². The van der Waals surface area contributed by atoms with Crippen LogP contribution in [0.3, 0.4) is 0 Å². The second-order valence-electron chi connectivity index (χ2n) is 3.38. The quantitative estimate of drug-likeness (QED) is 0.801. The molecule has 84 valence electrons. The Hall–Kier alpha value is -0.970. The summed E-state index contributed by atoms with van der Waals surface area (Å²) in [6, 6.07) is 1.77. The van der Waals surface area contributed by atoms with Gasteiger partial charge in [0.2, 0.25) is 0 Å². The number of nitrogens with two attached hydrogens (primary N) is 1. The molecule has 4 nitrogen and oxygen atoms in total. The van der Waals surface area contributed by atoms with Crippen LogP contribution in [0.15, 0.2) is 6.07 Å². The zero-order valence-electron chi connectivity index (χ0n) is 9.45. The predicted molar refractivity (Wildman–Crippen MR) is 67.3 cm³/mol. The summed E-state index contributed by atoms with van der Waals surface area (Å²) in [6.07, 6.45) is 2.90. The molecule has 1 atom stereocenters. The fraction of sp³-hybridized carbons (Fsp3) is 0.600. The van der Waals surface area contributed by atoms with E-state index in [1.54, 1.807) is 6.07 Å². The van der Waals surface area contributed by atoms with Crippen LogP contribution in [0, 0.1) is 0 Å². The Labute approximate surface area is 95.1 Å². The van der Waals surface area contributed by atoms with Crippen LogP contribution in [0.4, 0.5) is 11.6 Å². The average Bonchev–Trinajstić information content (AvgIpc) is 2.25. The third-order valence-corrected chi connectivity index (χ3v) is 3.05. The van der Waals surface area contributed by atoms with Crippen molar-refractivity contribution in [1.82, 2.24) is 9.97 Å². The normalized spacial score (nSPS) is 12.5. The van der Waals surface area contributed by atoms with E-state index in [1.807, 2.05) is 18.7 Å². The van der Waals surface area contributed by atoms with E-state index in [4.69, 9.17) is 5.73 Å². The Morgan fingerprint density at radius 2 is 2.27 bits per heavy atom. The summed E-state index contributed by atoms with van der Waals surface area (Å²) in [5, 5.41) is 3.82. The molecule has 1 rings (SSSR count). The van der Waals surface area contributed by atoms with Crippen LogP contribution in [0.5, 0.6) is 0 Å². The second-order valence-corrected chi connectivity index (χ2v) is 4.65. The molecule has 1 heterocycles. The largest absolute Gasteiger partial charge is 0.384 e. The van der Waals surface area contributed by atoms with E-state index in [9.17, 15) is 0 Å². The molecule has 0 saturated heterocycles. The van der Waals surface area contributed by atoms with Gasteiger partial charge in [-0.15, -0.1) is 0 Å². The molecule has 0 aromatic carbocycles. The Balaban J connectivity index is 2.64. The number of anilines is 2. The van der Waals surface area contributed by atoms with Crippen LogP contribution >= 0.6 is 11.8 Å². The molecule has 0 aliphatic rings. The minimum atomic E-state index is 0.529. The van der Waals surface area contributed by atoms with E-state index in [1.165, 1.54) is 0 Å². The van der Waals surface area contributed by atoms with Crippen LogP contribution in [0.1, 0.15) is 19.7 Å². The molecule has 1 unspecified atom stereocenters. The molecule has 1 aromatic rings. The van der Waals surface area contributed by atoms with E-state index >= 15 is 0 Å². The number of aryl methyl sites for hydroxylation is 1. The zero-order chi connectivity index (χ0) is 11.3. The fourth-order valence-corrected chi connectivity index (χ4v) is 1.35. The predicted octanol–water partition coefficient (Wildman–Crippen LogP) is 1.78. The van der Waals surface area contributed by atoms with E-state index in [0.717, 1.165) is 24.6 Å². The second kappa shape index (κ2) is 5.80. The minimum absolute atomic E-state index is 0.529. The highest BCUT2D eigenvalue weighted by atomic mass is 32.2. The first-order valence-corrected chi connectivity index (χ1v) is 6.34. The number of rotatable bonds is 5. The molecule has 0 amide bonds. The highest BCUT2D eigenvalue weighted by molar-refractivity contribution is 7.99. The van der Waals surface area contributed by atoms with Gasteiger partial charge in [-0.2, -0.15) is 11.8 Å². The lowest BCUT2D eigenvalue weighted by Crippen LogP contribution is -2.14. The Morgan fingerprint density at radius 1 is 1.53 bits per heavy atom. The van der Waals surface area contributed by atoms with Crippen molar-refractivity contribution in [2.45, 2.75) is 25.5 Å². The number of nitrogen functional groups attached to an aromatic ring is 1. The van der Waals surface area contributed by atoms with Crippen LogP contribution in [-0.2, 0) is 6.42 Å². The molecule has 15 heavy (non-hydrogen) atoms. The molecule has 5 heteroatoms. The number of hydrogen-bond donors (Lipinski definition) is 2. The summed E-state index contributed by atoms with van der Waals surface area (Å²) < 4.78 is 0. The summed E-state index contributed by atoms with van der Waals surface area (Å²) >= 11 is 1.82. The van der Waals surface area contributed by atoms with Crippen molar-refractivity contribution in [1.29, 1.82) is 0 Å². The minimum Gasteiger partial charge on any atom is -0.384 e. The van der Waals surface area contributed by atoms with Gasteiger partial charge in [0.15, 0.2) is 0 Å². The summed E-state index contributed by atoms with van der Waals surface area (Å²) in [5.74, 6) is 2.13. The van der Waals surface area contributed by atoms with Crippen molar-refractivity contribution < 1.29 is 0 Å². The van der Waals surface area contributed by atoms with Gasteiger partial charge in [-0.1, -0.05) is 13.8 Å². The van der Waals surface area contributed by atoms with Crippen LogP contribution < -0.4 is 11.1 Å². The number of thioether (sulfide) groups is 1. The van der Waals surface area contributed by atoms with Gasteiger partial charge in [0.25, 0.3) is 0 Å². The Kier molecular flexibility index (Phi) is 4.68. The summed E-state index contributed by atoms with van der Waals surface area (Å²) in [5.41, 5.74) is 5.68. The first-order valence-electron chi connectivity index (χ1n) is 5.05. The molecule has 1 aromatic heterocycles. The first-order chi connectivity index (χ1) is 7.15. The van der Waals surface area contributed by atoms with Crippen molar-refractivity contribution >= 4 is 23.4 Å². The maximum Gasteiger partial charge on any atom is 0.132 e. The maximum absolute atomic E-state index is 5.68. The maximum atomic E-state index is 5.68. The number of nitrogens with zero attached hydrogens (tertiary/aromatic N) is 2. The highest BCUT2D eigenvalue weighted by Gasteiger charge is 2.03. The van der Waals surface area contributed by atoms with Crippen molar-refractivity contribution in [3.05, 3.63) is 11.9 Å². The summed E-state index contributed by atoms with van der Waals surface area (Å²) in [6.45, 7) is 5.08. The van der Waals surface area contributed by atoms with E-state index in [0.29, 0.717) is 11.1 Å². The molecule has 0 fully saturated rings. The lowest BCUT2D eigenvalue weighted by atomic mass is 10.4. The fourth-order valence-electron chi connectivity index (χ4n) is 1.10. The Morgan fingerprint density at radius 3 is 2.87 bits per heavy atom. The molecule has 0 spiro atoms. The van der Waals surface area contributed by atoms with Crippen molar-refractivity contribution in [2.75, 3.05) is 23.9 Å². The van der Waals surface area contributed by atoms with Crippen molar-refractivity contribution in [3.63, 3.8) is 0 Å². The van der Waals surface area contributed by atoms with Gasteiger partial charge in [-0.25, -0.2) is 9.97 Å². The van der Waals surface area contributed by atoms with Crippen molar-refractivity contribution in [2.24, 2.45) is 0 Å². The number of hydrogen-bond acceptors (Lipinski definition) is 5. The highest BCUT2D eigenvalue weighted by Crippen LogP contribution is 2.11. The molecule has 3 N–H and O–H groups in total. The average molecular weight is 226 g/mol. The van der Waals surface area contributed by atoms with Gasteiger partial charge in [-0.3, -0.25) is 0 Å². The SMILES string of the molecule is CCc1nc(N)cc(NCC(C)SC)n1. The van der Waals surface area contributed by atoms with Gasteiger partial charge >= 0.3 is 0 Å². The standard InChI is InChI=1S/C10H18N4S/c1-4-9-13-8(11)5-10(14-9)12-6-7(2)15-3/h5,7H,4,6H2,1-3H3,(H3,11,12,13,14). The summed E-state index contributed by atoms with van der Waals surface area (Å²) in [4.78, 5) is 8.47. The molecular formula is C10H18N4S. The smallest absolute Gasteiger partial charge is 0.132 e. The topological polar surface area (TPSA) is 63.8 Å². The van der Waals surface area contributed by atoms with Gasteiger partial charge in [0.05, 0.1) is 0 Å². The van der Waals surface area contributed by atoms with E-state index in [-0.39, 0.29) is 0 Å². The molecule has 0 aliphatic heterocycles. The van der Waals surface area contributed by atoms with Gasteiger partial charge in [-0.05, 0) is 6.26 Å². The van der Waals surface area contributed by atoms with Gasteiger partial charge in [0.1, 0.15) is 17.5 Å². The summed E-state index contributed by atoms with van der Waals surface area (Å²) in [7, 11) is 0. The van der Waals surface area contributed by atoms with E-state index in [2.05, 4.69) is 28.5 Å². The zero-order valence-corrected chi connectivity index (χ0v) is 10.3. The van der Waals surface area contributed by atoms with Crippen LogP contribution in [-0.4, -0.2) is 28.0 Å². The van der Waals surface area contributed by atoms with Gasteiger partial charge < -0.3 is 11.1 Å². The van der Waals surface area contributed by atoms with Crippen LogP contribution in [0.2, 0.25) is 0 Å². The monoisotopic (exact) mass is 226 g/mol. The Bertz CT molecular complexity index is 316. The number of nitrogens with one attached hydrogen (secondary N) is 1.